The third-order valence-electron chi connectivity index (χ3n) is 1.74. The highest BCUT2D eigenvalue weighted by Gasteiger charge is 2.18. The van der Waals surface area contributed by atoms with Crippen LogP contribution in [0.25, 0.3) is 0 Å². The molecule has 0 saturated heterocycles. The quantitative estimate of drug-likeness (QED) is 0.906. The fraction of sp³-hybridized carbons (Fsp3) is 0.250. The monoisotopic (exact) mass is 295 g/mol. The minimum atomic E-state index is -3.82. The van der Waals surface area contributed by atoms with Crippen molar-refractivity contribution in [3.8, 4) is 11.5 Å². The van der Waals surface area contributed by atoms with Crippen molar-refractivity contribution < 1.29 is 17.9 Å². The minimum absolute atomic E-state index is 0.106. The van der Waals surface area contributed by atoms with Gasteiger partial charge >= 0.3 is 0 Å². The fourth-order valence-electron chi connectivity index (χ4n) is 1.05. The van der Waals surface area contributed by atoms with Crippen LogP contribution in [0.1, 0.15) is 0 Å². The first-order chi connectivity index (χ1) is 6.90. The lowest BCUT2D eigenvalue weighted by molar-refractivity contribution is 0.390. The minimum Gasteiger partial charge on any atom is -0.496 e. The SMILES string of the molecule is COc1cc(S(N)(=O)=O)c(OC)cc1Br. The van der Waals surface area contributed by atoms with E-state index in [0.717, 1.165) is 0 Å². The predicted molar refractivity (Wildman–Crippen MR) is 58.6 cm³/mol. The van der Waals surface area contributed by atoms with Gasteiger partial charge in [0, 0.05) is 6.07 Å². The van der Waals surface area contributed by atoms with Crippen molar-refractivity contribution in [1.82, 2.24) is 0 Å². The average Bonchev–Trinajstić information content (AvgIpc) is 2.15. The van der Waals surface area contributed by atoms with E-state index in [1.54, 1.807) is 0 Å². The summed E-state index contributed by atoms with van der Waals surface area (Å²) in [5.74, 6) is 0.546. The van der Waals surface area contributed by atoms with Gasteiger partial charge in [-0.25, -0.2) is 13.6 Å². The third kappa shape index (κ3) is 2.61. The predicted octanol–water partition coefficient (Wildman–Crippen LogP) is 1.11. The van der Waals surface area contributed by atoms with Gasteiger partial charge in [0.25, 0.3) is 0 Å². The zero-order valence-corrected chi connectivity index (χ0v) is 10.6. The lowest BCUT2D eigenvalue weighted by atomic mass is 10.3. The molecular weight excluding hydrogens is 286 g/mol. The second-order valence-electron chi connectivity index (χ2n) is 2.68. The van der Waals surface area contributed by atoms with Gasteiger partial charge in [-0.05, 0) is 22.0 Å². The molecule has 0 amide bonds. The number of sulfonamides is 1. The van der Waals surface area contributed by atoms with Crippen LogP contribution in [-0.2, 0) is 10.0 Å². The van der Waals surface area contributed by atoms with Crippen molar-refractivity contribution in [3.05, 3.63) is 16.6 Å². The van der Waals surface area contributed by atoms with Crippen LogP contribution in [0.5, 0.6) is 11.5 Å². The molecule has 0 spiro atoms. The number of methoxy groups -OCH3 is 2. The first-order valence-electron chi connectivity index (χ1n) is 3.84. The number of hydrogen-bond acceptors (Lipinski definition) is 4. The van der Waals surface area contributed by atoms with Gasteiger partial charge in [0.05, 0.1) is 18.7 Å². The summed E-state index contributed by atoms with van der Waals surface area (Å²) < 4.78 is 32.9. The highest BCUT2D eigenvalue weighted by atomic mass is 79.9. The lowest BCUT2D eigenvalue weighted by Gasteiger charge is -2.10. The highest BCUT2D eigenvalue weighted by molar-refractivity contribution is 9.10. The summed E-state index contributed by atoms with van der Waals surface area (Å²) in [6.45, 7) is 0. The molecule has 0 aromatic heterocycles. The third-order valence-corrected chi connectivity index (χ3v) is 3.30. The Morgan fingerprint density at radius 1 is 1.20 bits per heavy atom. The number of ether oxygens (including phenoxy) is 2. The first-order valence-corrected chi connectivity index (χ1v) is 6.18. The number of primary sulfonamides is 1. The van der Waals surface area contributed by atoms with E-state index < -0.39 is 10.0 Å². The molecule has 0 heterocycles. The molecule has 0 radical (unpaired) electrons. The Morgan fingerprint density at radius 3 is 2.13 bits per heavy atom. The first kappa shape index (κ1) is 12.3. The normalized spacial score (nSPS) is 11.2. The van der Waals surface area contributed by atoms with Gasteiger partial charge in [0.2, 0.25) is 10.0 Å². The van der Waals surface area contributed by atoms with Gasteiger partial charge in [0.15, 0.2) is 0 Å². The maximum absolute atomic E-state index is 11.2. The smallest absolute Gasteiger partial charge is 0.241 e. The Morgan fingerprint density at radius 2 is 1.73 bits per heavy atom. The van der Waals surface area contributed by atoms with E-state index in [1.807, 2.05) is 0 Å². The second kappa shape index (κ2) is 4.38. The van der Waals surface area contributed by atoms with Crippen LogP contribution in [0, 0.1) is 0 Å². The Labute approximate surface area is 96.4 Å². The Kier molecular flexibility index (Phi) is 3.58. The Balaban J connectivity index is 3.49. The molecule has 0 unspecified atom stereocenters. The van der Waals surface area contributed by atoms with Crippen molar-refractivity contribution in [2.45, 2.75) is 4.90 Å². The van der Waals surface area contributed by atoms with Gasteiger partial charge in [-0.1, -0.05) is 0 Å². The van der Waals surface area contributed by atoms with Crippen LogP contribution in [0.2, 0.25) is 0 Å². The van der Waals surface area contributed by atoms with Crippen LogP contribution >= 0.6 is 15.9 Å². The summed E-state index contributed by atoms with van der Waals surface area (Å²) in [6, 6.07) is 2.79. The molecule has 2 N–H and O–H groups in total. The summed E-state index contributed by atoms with van der Waals surface area (Å²) in [7, 11) is -1.03. The zero-order chi connectivity index (χ0) is 11.6. The van der Waals surface area contributed by atoms with Crippen molar-refractivity contribution in [1.29, 1.82) is 0 Å². The molecule has 0 bridgehead atoms. The van der Waals surface area contributed by atoms with Crippen LogP contribution in [-0.4, -0.2) is 22.6 Å². The van der Waals surface area contributed by atoms with Crippen LogP contribution in [0.4, 0.5) is 0 Å². The molecule has 0 fully saturated rings. The molecule has 1 aromatic rings. The van der Waals surface area contributed by atoms with Crippen LogP contribution in [0.15, 0.2) is 21.5 Å². The summed E-state index contributed by atoms with van der Waals surface area (Å²) in [6.07, 6.45) is 0. The highest BCUT2D eigenvalue weighted by Crippen LogP contribution is 2.34. The molecule has 0 atom stereocenters. The maximum atomic E-state index is 11.2. The van der Waals surface area contributed by atoms with Crippen molar-refractivity contribution >= 4 is 26.0 Å². The van der Waals surface area contributed by atoms with Crippen molar-refractivity contribution in [2.75, 3.05) is 14.2 Å². The van der Waals surface area contributed by atoms with E-state index in [2.05, 4.69) is 15.9 Å². The molecule has 0 aliphatic carbocycles. The molecule has 84 valence electrons. The van der Waals surface area contributed by atoms with E-state index in [1.165, 1.54) is 26.4 Å². The second-order valence-corrected chi connectivity index (χ2v) is 5.07. The topological polar surface area (TPSA) is 78.6 Å². The van der Waals surface area contributed by atoms with E-state index in [-0.39, 0.29) is 10.6 Å². The molecular formula is C8H10BrNO4S. The Hall–Kier alpha value is -0.790. The lowest BCUT2D eigenvalue weighted by Crippen LogP contribution is -2.13. The summed E-state index contributed by atoms with van der Waals surface area (Å²) in [5, 5.41) is 5.03. The standard InChI is InChI=1S/C8H10BrNO4S/c1-13-6-4-8(15(10,11)12)7(14-2)3-5(6)9/h3-4H,1-2H3,(H2,10,11,12). The van der Waals surface area contributed by atoms with E-state index in [4.69, 9.17) is 14.6 Å². The van der Waals surface area contributed by atoms with Gasteiger partial charge in [-0.2, -0.15) is 0 Å². The molecule has 1 rings (SSSR count). The van der Waals surface area contributed by atoms with Gasteiger partial charge in [-0.15, -0.1) is 0 Å². The van der Waals surface area contributed by atoms with Crippen molar-refractivity contribution in [2.24, 2.45) is 5.14 Å². The maximum Gasteiger partial charge on any atom is 0.241 e. The van der Waals surface area contributed by atoms with Crippen LogP contribution < -0.4 is 14.6 Å². The van der Waals surface area contributed by atoms with Gasteiger partial charge in [-0.3, -0.25) is 0 Å². The molecule has 0 aliphatic rings. The number of rotatable bonds is 3. The summed E-state index contributed by atoms with van der Waals surface area (Å²) in [5.41, 5.74) is 0. The van der Waals surface area contributed by atoms with Crippen LogP contribution in [0.3, 0.4) is 0 Å². The fourth-order valence-corrected chi connectivity index (χ4v) is 2.23. The average molecular weight is 296 g/mol. The van der Waals surface area contributed by atoms with Crippen molar-refractivity contribution in [3.63, 3.8) is 0 Å². The number of nitrogens with two attached hydrogens (primary N) is 1. The largest absolute Gasteiger partial charge is 0.496 e. The molecule has 0 aliphatic heterocycles. The van der Waals surface area contributed by atoms with Gasteiger partial charge in [0.1, 0.15) is 16.4 Å². The molecule has 1 aromatic carbocycles. The zero-order valence-electron chi connectivity index (χ0n) is 8.15. The summed E-state index contributed by atoms with van der Waals surface area (Å²) >= 11 is 3.21. The summed E-state index contributed by atoms with van der Waals surface area (Å²) in [4.78, 5) is -0.106. The van der Waals surface area contributed by atoms with E-state index >= 15 is 0 Å². The molecule has 5 nitrogen and oxygen atoms in total. The van der Waals surface area contributed by atoms with Gasteiger partial charge < -0.3 is 9.47 Å². The molecule has 7 heteroatoms. The number of halogens is 1. The van der Waals surface area contributed by atoms with E-state index in [0.29, 0.717) is 10.2 Å². The number of benzene rings is 1. The molecule has 15 heavy (non-hydrogen) atoms. The number of hydrogen-bond donors (Lipinski definition) is 1. The molecule has 0 saturated carbocycles. The van der Waals surface area contributed by atoms with E-state index in [9.17, 15) is 8.42 Å². The Bertz CT molecular complexity index is 472.